The maximum absolute atomic E-state index is 5.97. The topological polar surface area (TPSA) is 47.7 Å². The van der Waals surface area contributed by atoms with E-state index < -0.39 is 0 Å². The van der Waals surface area contributed by atoms with E-state index in [9.17, 15) is 0 Å². The first-order valence-electron chi connectivity index (χ1n) is 7.01. The first-order chi connectivity index (χ1) is 9.65. The molecule has 1 aliphatic heterocycles. The van der Waals surface area contributed by atoms with Crippen molar-refractivity contribution < 1.29 is 9.47 Å². The first kappa shape index (κ1) is 15.8. The summed E-state index contributed by atoms with van der Waals surface area (Å²) in [5.74, 6) is 0.839. The van der Waals surface area contributed by atoms with E-state index in [4.69, 9.17) is 15.2 Å². The van der Waals surface area contributed by atoms with Gasteiger partial charge in [0.2, 0.25) is 0 Å². The fourth-order valence-corrected chi connectivity index (χ4v) is 3.26. The average Bonchev–Trinajstić information content (AvgIpc) is 2.92. The Balaban J connectivity index is 2.07. The van der Waals surface area contributed by atoms with Crippen LogP contribution in [0.4, 0.5) is 0 Å². The number of nitrogens with two attached hydrogens (primary N) is 1. The second-order valence-corrected chi connectivity index (χ2v) is 6.07. The van der Waals surface area contributed by atoms with E-state index in [1.807, 2.05) is 6.07 Å². The Hall–Kier alpha value is -0.620. The first-order valence-corrected chi connectivity index (χ1v) is 7.80. The molecular formula is C15H23BrN2O2. The van der Waals surface area contributed by atoms with Crippen LogP contribution in [0.1, 0.15) is 24.4 Å². The van der Waals surface area contributed by atoms with Crippen molar-refractivity contribution in [2.24, 2.45) is 5.73 Å². The number of ether oxygens (including phenoxy) is 2. The third-order valence-electron chi connectivity index (χ3n) is 3.83. The van der Waals surface area contributed by atoms with Crippen molar-refractivity contribution in [1.82, 2.24) is 4.90 Å². The Morgan fingerprint density at radius 1 is 1.55 bits per heavy atom. The largest absolute Gasteiger partial charge is 0.496 e. The van der Waals surface area contributed by atoms with Crippen LogP contribution in [0.2, 0.25) is 0 Å². The Kier molecular flexibility index (Phi) is 5.84. The van der Waals surface area contributed by atoms with E-state index >= 15 is 0 Å². The summed E-state index contributed by atoms with van der Waals surface area (Å²) < 4.78 is 11.9. The van der Waals surface area contributed by atoms with Crippen molar-refractivity contribution in [3.63, 3.8) is 0 Å². The Labute approximate surface area is 129 Å². The fraction of sp³-hybridized carbons (Fsp3) is 0.600. The van der Waals surface area contributed by atoms with Crippen molar-refractivity contribution in [1.29, 1.82) is 0 Å². The van der Waals surface area contributed by atoms with Gasteiger partial charge in [0.1, 0.15) is 5.75 Å². The molecule has 5 heteroatoms. The van der Waals surface area contributed by atoms with Gasteiger partial charge < -0.3 is 15.2 Å². The van der Waals surface area contributed by atoms with E-state index in [1.54, 1.807) is 7.11 Å². The quantitative estimate of drug-likeness (QED) is 0.863. The van der Waals surface area contributed by atoms with Crippen LogP contribution in [0, 0.1) is 0 Å². The molecule has 4 nitrogen and oxygen atoms in total. The minimum Gasteiger partial charge on any atom is -0.496 e. The lowest BCUT2D eigenvalue weighted by Crippen LogP contribution is -2.36. The molecule has 1 aromatic carbocycles. The summed E-state index contributed by atoms with van der Waals surface area (Å²) in [6.07, 6.45) is 2.66. The summed E-state index contributed by atoms with van der Waals surface area (Å²) in [6, 6.07) is 6.33. The molecule has 1 aliphatic rings. The summed E-state index contributed by atoms with van der Waals surface area (Å²) in [6.45, 7) is 2.40. The van der Waals surface area contributed by atoms with Crippen molar-refractivity contribution in [3.05, 3.63) is 28.2 Å². The second kappa shape index (κ2) is 7.41. The number of methoxy groups -OCH3 is 1. The van der Waals surface area contributed by atoms with E-state index in [1.165, 1.54) is 12.0 Å². The van der Waals surface area contributed by atoms with Gasteiger partial charge in [-0.05, 0) is 53.5 Å². The van der Waals surface area contributed by atoms with Crippen LogP contribution in [0.5, 0.6) is 5.75 Å². The molecule has 0 radical (unpaired) electrons. The van der Waals surface area contributed by atoms with Gasteiger partial charge in [0, 0.05) is 25.7 Å². The molecule has 1 aromatic rings. The lowest BCUT2D eigenvalue weighted by atomic mass is 10.0. The zero-order valence-corrected chi connectivity index (χ0v) is 13.7. The summed E-state index contributed by atoms with van der Waals surface area (Å²) in [5, 5.41) is 0. The van der Waals surface area contributed by atoms with Crippen LogP contribution in [0.15, 0.2) is 22.7 Å². The minimum absolute atomic E-state index is 0.196. The molecule has 0 aliphatic carbocycles. The molecule has 20 heavy (non-hydrogen) atoms. The highest BCUT2D eigenvalue weighted by Gasteiger charge is 2.22. The molecule has 0 spiro atoms. The lowest BCUT2D eigenvalue weighted by molar-refractivity contribution is 0.0689. The van der Waals surface area contributed by atoms with Gasteiger partial charge in [-0.25, -0.2) is 0 Å². The predicted octanol–water partition coefficient (Wildman–Crippen LogP) is 2.57. The Morgan fingerprint density at radius 2 is 2.35 bits per heavy atom. The number of hydrogen-bond acceptors (Lipinski definition) is 4. The smallest absolute Gasteiger partial charge is 0.133 e. The highest BCUT2D eigenvalue weighted by Crippen LogP contribution is 2.30. The van der Waals surface area contributed by atoms with Crippen LogP contribution in [-0.2, 0) is 4.74 Å². The molecular weight excluding hydrogens is 320 g/mol. The van der Waals surface area contributed by atoms with Gasteiger partial charge in [0.05, 0.1) is 17.7 Å². The minimum atomic E-state index is 0.196. The average molecular weight is 343 g/mol. The fourth-order valence-electron chi connectivity index (χ4n) is 2.70. The van der Waals surface area contributed by atoms with Crippen LogP contribution in [-0.4, -0.2) is 44.9 Å². The molecule has 0 saturated carbocycles. The zero-order valence-electron chi connectivity index (χ0n) is 12.1. The van der Waals surface area contributed by atoms with Gasteiger partial charge in [0.15, 0.2) is 0 Å². The van der Waals surface area contributed by atoms with Crippen molar-refractivity contribution in [3.8, 4) is 5.75 Å². The molecule has 1 heterocycles. The van der Waals surface area contributed by atoms with Gasteiger partial charge in [-0.2, -0.15) is 0 Å². The van der Waals surface area contributed by atoms with Crippen LogP contribution in [0.25, 0.3) is 0 Å². The number of rotatable bonds is 6. The molecule has 2 unspecified atom stereocenters. The van der Waals surface area contributed by atoms with Gasteiger partial charge >= 0.3 is 0 Å². The zero-order chi connectivity index (χ0) is 14.5. The van der Waals surface area contributed by atoms with Gasteiger partial charge in [0.25, 0.3) is 0 Å². The van der Waals surface area contributed by atoms with Crippen molar-refractivity contribution in [2.75, 3.05) is 33.9 Å². The Bertz CT molecular complexity index is 436. The van der Waals surface area contributed by atoms with Crippen LogP contribution >= 0.6 is 15.9 Å². The van der Waals surface area contributed by atoms with E-state index in [0.717, 1.165) is 29.8 Å². The third kappa shape index (κ3) is 3.73. The van der Waals surface area contributed by atoms with E-state index in [-0.39, 0.29) is 6.04 Å². The maximum Gasteiger partial charge on any atom is 0.133 e. The highest BCUT2D eigenvalue weighted by atomic mass is 79.9. The normalized spacial score (nSPS) is 20.4. The molecule has 1 saturated heterocycles. The maximum atomic E-state index is 5.97. The summed E-state index contributed by atoms with van der Waals surface area (Å²) in [7, 11) is 3.78. The molecule has 112 valence electrons. The standard InChI is InChI=1S/C15H23BrN2O2/c1-18(10-12-4-3-7-20-12)14(9-17)11-5-6-15(19-2)13(16)8-11/h5-6,8,12,14H,3-4,7,9-10,17H2,1-2H3. The van der Waals surface area contributed by atoms with Crippen LogP contribution in [0.3, 0.4) is 0 Å². The number of likely N-dealkylation sites (N-methyl/N-ethyl adjacent to an activating group) is 1. The Morgan fingerprint density at radius 3 is 2.90 bits per heavy atom. The summed E-state index contributed by atoms with van der Waals surface area (Å²) in [5.41, 5.74) is 7.17. The van der Waals surface area contributed by atoms with E-state index in [2.05, 4.69) is 40.0 Å². The molecule has 0 bridgehead atoms. The summed E-state index contributed by atoms with van der Waals surface area (Å²) >= 11 is 3.53. The molecule has 2 N–H and O–H groups in total. The van der Waals surface area contributed by atoms with Crippen LogP contribution < -0.4 is 10.5 Å². The summed E-state index contributed by atoms with van der Waals surface area (Å²) in [4.78, 5) is 2.28. The molecule has 0 aromatic heterocycles. The van der Waals surface area contributed by atoms with E-state index in [0.29, 0.717) is 12.6 Å². The number of hydrogen-bond donors (Lipinski definition) is 1. The second-order valence-electron chi connectivity index (χ2n) is 5.22. The highest BCUT2D eigenvalue weighted by molar-refractivity contribution is 9.10. The van der Waals surface area contributed by atoms with Gasteiger partial charge in [-0.3, -0.25) is 4.90 Å². The number of nitrogens with zero attached hydrogens (tertiary/aromatic N) is 1. The monoisotopic (exact) mass is 342 g/mol. The van der Waals surface area contributed by atoms with Crippen molar-refractivity contribution in [2.45, 2.75) is 25.0 Å². The van der Waals surface area contributed by atoms with Gasteiger partial charge in [-0.1, -0.05) is 6.07 Å². The number of halogens is 1. The molecule has 2 atom stereocenters. The van der Waals surface area contributed by atoms with Crippen molar-refractivity contribution >= 4 is 15.9 Å². The SMILES string of the molecule is COc1ccc(C(CN)N(C)CC2CCCO2)cc1Br. The molecule has 2 rings (SSSR count). The third-order valence-corrected chi connectivity index (χ3v) is 4.45. The number of benzene rings is 1. The van der Waals surface area contributed by atoms with Gasteiger partial charge in [-0.15, -0.1) is 0 Å². The molecule has 1 fully saturated rings. The predicted molar refractivity (Wildman–Crippen MR) is 84.1 cm³/mol. The molecule has 0 amide bonds. The lowest BCUT2D eigenvalue weighted by Gasteiger charge is -2.29.